The van der Waals surface area contributed by atoms with Gasteiger partial charge in [0.25, 0.3) is 5.91 Å². The number of pyridine rings is 1. The molecule has 174 valence electrons. The summed E-state index contributed by atoms with van der Waals surface area (Å²) in [5.41, 5.74) is 7.77. The van der Waals surface area contributed by atoms with Crippen LogP contribution in [0, 0.1) is 11.8 Å². The molecule has 34 heavy (non-hydrogen) atoms. The van der Waals surface area contributed by atoms with E-state index in [0.29, 0.717) is 25.4 Å². The number of methoxy groups -OCH3 is 1. The largest absolute Gasteiger partial charge is 0.383 e. The average Bonchev–Trinajstić information content (AvgIpc) is 3.43. The molecular weight excluding hydrogens is 432 g/mol. The van der Waals surface area contributed by atoms with E-state index >= 15 is 0 Å². The van der Waals surface area contributed by atoms with E-state index in [1.54, 1.807) is 29.9 Å². The summed E-state index contributed by atoms with van der Waals surface area (Å²) in [6.07, 6.45) is 3.62. The molecule has 0 spiro atoms. The highest BCUT2D eigenvalue weighted by Crippen LogP contribution is 2.32. The number of anilines is 1. The third-order valence-corrected chi connectivity index (χ3v) is 5.88. The molecule has 1 fully saturated rings. The van der Waals surface area contributed by atoms with Crippen molar-refractivity contribution in [3.05, 3.63) is 66.0 Å². The van der Waals surface area contributed by atoms with Crippen molar-refractivity contribution in [1.29, 1.82) is 0 Å². The first-order valence-corrected chi connectivity index (χ1v) is 10.9. The highest BCUT2D eigenvalue weighted by molar-refractivity contribution is 6.00. The van der Waals surface area contributed by atoms with Crippen molar-refractivity contribution >= 4 is 28.5 Å². The number of ether oxygens (including phenoxy) is 1. The molecule has 0 saturated carbocycles. The van der Waals surface area contributed by atoms with E-state index in [9.17, 15) is 9.59 Å². The first kappa shape index (κ1) is 23.0. The molecule has 3 heterocycles. The third-order valence-electron chi connectivity index (χ3n) is 5.88. The van der Waals surface area contributed by atoms with E-state index < -0.39 is 5.91 Å². The van der Waals surface area contributed by atoms with Gasteiger partial charge in [-0.05, 0) is 36.6 Å². The van der Waals surface area contributed by atoms with Gasteiger partial charge in [0.2, 0.25) is 5.91 Å². The van der Waals surface area contributed by atoms with Gasteiger partial charge >= 0.3 is 0 Å². The summed E-state index contributed by atoms with van der Waals surface area (Å²) in [4.78, 5) is 30.8. The zero-order valence-electron chi connectivity index (χ0n) is 19.1. The summed E-state index contributed by atoms with van der Waals surface area (Å²) >= 11 is 0. The van der Waals surface area contributed by atoms with Gasteiger partial charge in [-0.1, -0.05) is 24.6 Å². The molecule has 0 bridgehead atoms. The molecule has 0 aliphatic carbocycles. The fraction of sp³-hybridized carbons (Fsp3) is 0.280. The zero-order chi connectivity index (χ0) is 24.2. The van der Waals surface area contributed by atoms with Gasteiger partial charge in [-0.2, -0.15) is 5.10 Å². The van der Waals surface area contributed by atoms with E-state index in [1.165, 1.54) is 6.08 Å². The Morgan fingerprint density at radius 1 is 1.35 bits per heavy atom. The highest BCUT2D eigenvalue weighted by Gasteiger charge is 2.37. The van der Waals surface area contributed by atoms with Crippen molar-refractivity contribution < 1.29 is 14.3 Å². The summed E-state index contributed by atoms with van der Waals surface area (Å²) in [5, 5.41) is 8.68. The summed E-state index contributed by atoms with van der Waals surface area (Å²) in [7, 11) is 3.29. The first-order chi connectivity index (χ1) is 16.5. The maximum Gasteiger partial charge on any atom is 0.255 e. The van der Waals surface area contributed by atoms with Crippen LogP contribution in [0.3, 0.4) is 0 Å². The van der Waals surface area contributed by atoms with Gasteiger partial charge in [0.1, 0.15) is 11.4 Å². The quantitative estimate of drug-likeness (QED) is 0.431. The molecule has 1 saturated heterocycles. The minimum absolute atomic E-state index is 0.133. The van der Waals surface area contributed by atoms with E-state index in [4.69, 9.17) is 10.5 Å². The Morgan fingerprint density at radius 3 is 2.88 bits per heavy atom. The van der Waals surface area contributed by atoms with Crippen LogP contribution in [0.2, 0.25) is 0 Å². The number of amides is 2. The van der Waals surface area contributed by atoms with E-state index in [1.807, 2.05) is 30.3 Å². The number of benzene rings is 1. The van der Waals surface area contributed by atoms with Crippen molar-refractivity contribution in [3.8, 4) is 11.8 Å². The summed E-state index contributed by atoms with van der Waals surface area (Å²) in [6, 6.07) is 9.25. The van der Waals surface area contributed by atoms with Crippen molar-refractivity contribution in [2.24, 2.45) is 5.73 Å². The molecule has 1 aliphatic rings. The van der Waals surface area contributed by atoms with Crippen molar-refractivity contribution in [3.63, 3.8) is 0 Å². The number of likely N-dealkylation sites (tertiary alicyclic amines) is 1. The Kier molecular flexibility index (Phi) is 6.61. The minimum Gasteiger partial charge on any atom is -0.383 e. The molecule has 3 N–H and O–H groups in total. The van der Waals surface area contributed by atoms with Crippen LogP contribution in [0.5, 0.6) is 0 Å². The molecule has 1 aromatic carbocycles. The normalized spacial score (nSPS) is 17.3. The molecule has 3 aromatic rings. The number of aromatic nitrogens is 3. The van der Waals surface area contributed by atoms with E-state index in [2.05, 4.69) is 33.8 Å². The first-order valence-electron chi connectivity index (χ1n) is 10.9. The number of nitrogens with zero attached hydrogens (tertiary/aromatic N) is 4. The van der Waals surface area contributed by atoms with Crippen LogP contribution in [0.4, 0.5) is 5.82 Å². The van der Waals surface area contributed by atoms with Crippen LogP contribution in [0.15, 0.2) is 49.2 Å². The van der Waals surface area contributed by atoms with E-state index in [-0.39, 0.29) is 29.2 Å². The maximum atomic E-state index is 12.4. The lowest BCUT2D eigenvalue weighted by atomic mass is 10.1. The van der Waals surface area contributed by atoms with Gasteiger partial charge in [-0.15, -0.1) is 0 Å². The number of rotatable bonds is 6. The number of primary amides is 1. The Morgan fingerprint density at radius 2 is 2.18 bits per heavy atom. The van der Waals surface area contributed by atoms with Crippen molar-refractivity contribution in [1.82, 2.24) is 19.7 Å². The standard InChI is InChI=1S/C25H26N6O3/c1-4-22(32)30-14-18(13-19(30)15-34-3)31-25(27-2)23(24(26)33)20(29-31)10-8-16-7-9-17-6-5-11-28-21(17)12-16/h4-7,9,11-12,18-19,27H,1,13-15H2,2-3H3,(H2,26,33)/t18-,19+/m0/s1. The Hall–Kier alpha value is -4.16. The second-order valence-corrected chi connectivity index (χ2v) is 7.99. The fourth-order valence-corrected chi connectivity index (χ4v) is 4.34. The maximum absolute atomic E-state index is 12.4. The van der Waals surface area contributed by atoms with Gasteiger partial charge in [-0.25, -0.2) is 4.68 Å². The molecule has 0 unspecified atom stereocenters. The van der Waals surface area contributed by atoms with Gasteiger partial charge in [-0.3, -0.25) is 14.6 Å². The smallest absolute Gasteiger partial charge is 0.255 e. The summed E-state index contributed by atoms with van der Waals surface area (Å²) < 4.78 is 7.00. The molecule has 2 atom stereocenters. The molecule has 9 nitrogen and oxygen atoms in total. The zero-order valence-corrected chi connectivity index (χ0v) is 19.1. The number of carbonyl (C=O) groups excluding carboxylic acids is 2. The molecule has 4 rings (SSSR count). The average molecular weight is 459 g/mol. The molecule has 0 radical (unpaired) electrons. The van der Waals surface area contributed by atoms with Crippen LogP contribution < -0.4 is 11.1 Å². The number of nitrogens with two attached hydrogens (primary N) is 1. The minimum atomic E-state index is -0.634. The van der Waals surface area contributed by atoms with Crippen LogP contribution in [-0.4, -0.2) is 64.8 Å². The number of hydrogen-bond donors (Lipinski definition) is 2. The SMILES string of the molecule is C=CC(=O)N1C[C@@H](n2nc(C#Cc3ccc4cccnc4c3)c(C(N)=O)c2NC)C[C@@H]1COC. The molecular formula is C25H26N6O3. The number of hydrogen-bond acceptors (Lipinski definition) is 6. The van der Waals surface area contributed by atoms with Gasteiger partial charge in [0, 0.05) is 37.8 Å². The predicted molar refractivity (Wildman–Crippen MR) is 129 cm³/mol. The Bertz CT molecular complexity index is 1320. The summed E-state index contributed by atoms with van der Waals surface area (Å²) in [6.45, 7) is 4.38. The topological polar surface area (TPSA) is 115 Å². The van der Waals surface area contributed by atoms with Crippen LogP contribution in [0.25, 0.3) is 10.9 Å². The second-order valence-electron chi connectivity index (χ2n) is 7.99. The van der Waals surface area contributed by atoms with Gasteiger partial charge in [0.05, 0.1) is 24.2 Å². The molecule has 2 aromatic heterocycles. The lowest BCUT2D eigenvalue weighted by Gasteiger charge is -2.22. The molecule has 9 heteroatoms. The number of nitrogens with one attached hydrogen (secondary N) is 1. The monoisotopic (exact) mass is 458 g/mol. The number of fused-ring (bicyclic) bond motifs is 1. The Labute approximate surface area is 197 Å². The van der Waals surface area contributed by atoms with E-state index in [0.717, 1.165) is 16.5 Å². The lowest BCUT2D eigenvalue weighted by molar-refractivity contribution is -0.127. The number of carbonyl (C=O) groups is 2. The third kappa shape index (κ3) is 4.36. The summed E-state index contributed by atoms with van der Waals surface area (Å²) in [5.74, 6) is 5.73. The Balaban J connectivity index is 1.72. The molecule has 1 aliphatic heterocycles. The second kappa shape index (κ2) is 9.77. The van der Waals surface area contributed by atoms with Crippen LogP contribution in [-0.2, 0) is 9.53 Å². The van der Waals surface area contributed by atoms with Crippen molar-refractivity contribution in [2.75, 3.05) is 32.6 Å². The van der Waals surface area contributed by atoms with Crippen LogP contribution >= 0.6 is 0 Å². The highest BCUT2D eigenvalue weighted by atomic mass is 16.5. The molecule has 2 amide bonds. The van der Waals surface area contributed by atoms with Crippen molar-refractivity contribution in [2.45, 2.75) is 18.5 Å². The van der Waals surface area contributed by atoms with Gasteiger partial charge < -0.3 is 20.7 Å². The fourth-order valence-electron chi connectivity index (χ4n) is 4.34. The van der Waals surface area contributed by atoms with Gasteiger partial charge in [0.15, 0.2) is 5.69 Å². The predicted octanol–water partition coefficient (Wildman–Crippen LogP) is 1.95. The lowest BCUT2D eigenvalue weighted by Crippen LogP contribution is -2.37. The van der Waals surface area contributed by atoms with Crippen LogP contribution in [0.1, 0.15) is 34.1 Å².